The zero-order valence-electron chi connectivity index (χ0n) is 24.8. The van der Waals surface area contributed by atoms with Gasteiger partial charge in [-0.1, -0.05) is 60.1 Å². The van der Waals surface area contributed by atoms with Crippen LogP contribution in [-0.4, -0.2) is 64.7 Å². The molecule has 0 spiro atoms. The Morgan fingerprint density at radius 3 is 2.48 bits per heavy atom. The molecule has 3 amide bonds. The minimum absolute atomic E-state index is 0.00125. The van der Waals surface area contributed by atoms with Crippen molar-refractivity contribution in [3.05, 3.63) is 119 Å². The first kappa shape index (κ1) is 31.0. The van der Waals surface area contributed by atoms with Gasteiger partial charge in [0, 0.05) is 55.2 Å². The summed E-state index contributed by atoms with van der Waals surface area (Å²) in [7, 11) is 0. The second kappa shape index (κ2) is 14.4. The molecule has 1 aliphatic rings. The van der Waals surface area contributed by atoms with Crippen molar-refractivity contribution in [1.82, 2.24) is 20.1 Å². The lowest BCUT2D eigenvalue weighted by atomic mass is 9.93. The topological polar surface area (TPSA) is 112 Å². The number of halogens is 1. The molecule has 0 radical (unpaired) electrons. The van der Waals surface area contributed by atoms with Gasteiger partial charge in [0.2, 0.25) is 5.91 Å². The van der Waals surface area contributed by atoms with Gasteiger partial charge in [0.15, 0.2) is 0 Å². The molecular formula is C35H38ClN5O3. The normalized spacial score (nSPS) is 14.2. The van der Waals surface area contributed by atoms with E-state index in [4.69, 9.17) is 17.3 Å². The van der Waals surface area contributed by atoms with Gasteiger partial charge in [-0.3, -0.25) is 14.4 Å². The summed E-state index contributed by atoms with van der Waals surface area (Å²) in [6.45, 7) is 3.94. The number of aromatic nitrogens is 1. The number of carbonyl (C=O) groups is 3. The number of aromatic amines is 1. The number of nitrogens with two attached hydrogens (primary N) is 1. The fraction of sp³-hybridized carbons (Fsp3) is 0.286. The molecule has 1 fully saturated rings. The number of benzene rings is 3. The van der Waals surface area contributed by atoms with E-state index in [2.05, 4.69) is 23.3 Å². The van der Waals surface area contributed by atoms with Crippen LogP contribution in [0.2, 0.25) is 5.02 Å². The summed E-state index contributed by atoms with van der Waals surface area (Å²) in [5.41, 5.74) is 10.4. The monoisotopic (exact) mass is 611 g/mol. The third-order valence-electron chi connectivity index (χ3n) is 8.25. The lowest BCUT2D eigenvalue weighted by Crippen LogP contribution is -2.50. The van der Waals surface area contributed by atoms with Crippen molar-refractivity contribution in [3.63, 3.8) is 0 Å². The van der Waals surface area contributed by atoms with Crippen LogP contribution in [0, 0.1) is 0 Å². The number of piperidine rings is 1. The number of nitrogens with one attached hydrogen (secondary N) is 2. The SMILES string of the molecule is CC(c1cccc(-c2ccccc2C(=O)NCCN)c1)N(C(=O)Cc1ccc(Cl)cc1)C1CCN(C(=O)c2cc[nH]c2)CC1. The Balaban J connectivity index is 1.41. The maximum atomic E-state index is 14.1. The molecule has 4 aromatic rings. The minimum Gasteiger partial charge on any atom is -0.367 e. The van der Waals surface area contributed by atoms with Gasteiger partial charge >= 0.3 is 0 Å². The first-order valence-electron chi connectivity index (χ1n) is 15.0. The molecule has 1 atom stereocenters. The van der Waals surface area contributed by atoms with Crippen LogP contribution in [0.3, 0.4) is 0 Å². The van der Waals surface area contributed by atoms with Gasteiger partial charge in [-0.2, -0.15) is 0 Å². The van der Waals surface area contributed by atoms with Gasteiger partial charge in [-0.15, -0.1) is 0 Å². The zero-order valence-corrected chi connectivity index (χ0v) is 25.6. The Kier molecular flexibility index (Phi) is 10.1. The number of likely N-dealkylation sites (tertiary alicyclic amines) is 1. The number of H-pyrrole nitrogens is 1. The van der Waals surface area contributed by atoms with Crippen LogP contribution >= 0.6 is 11.6 Å². The number of amides is 3. The average Bonchev–Trinajstić information content (AvgIpc) is 3.60. The lowest BCUT2D eigenvalue weighted by Gasteiger charge is -2.42. The van der Waals surface area contributed by atoms with E-state index >= 15 is 0 Å². The summed E-state index contributed by atoms with van der Waals surface area (Å²) in [6.07, 6.45) is 5.06. The molecule has 1 unspecified atom stereocenters. The first-order valence-corrected chi connectivity index (χ1v) is 15.4. The predicted octanol–water partition coefficient (Wildman–Crippen LogP) is 5.46. The Hall–Kier alpha value is -4.40. The molecule has 0 saturated carbocycles. The van der Waals surface area contributed by atoms with Crippen LogP contribution in [0.25, 0.3) is 11.1 Å². The van der Waals surface area contributed by atoms with Crippen molar-refractivity contribution in [2.24, 2.45) is 5.73 Å². The molecule has 1 aliphatic heterocycles. The van der Waals surface area contributed by atoms with E-state index in [1.54, 1.807) is 30.6 Å². The van der Waals surface area contributed by atoms with Crippen LogP contribution in [0.4, 0.5) is 0 Å². The standard InChI is InChI=1S/C35H38ClN5O3/c1-24(26-5-4-6-27(22-26)31-7-2-3-8-32(31)34(43)39-18-16-37)41(33(42)21-25-9-11-29(36)12-10-25)30-14-19-40(20-15-30)35(44)28-13-17-38-23-28/h2-13,17,22-24,30,38H,14-16,18-21,37H2,1H3,(H,39,43). The summed E-state index contributed by atoms with van der Waals surface area (Å²) >= 11 is 6.10. The van der Waals surface area contributed by atoms with E-state index < -0.39 is 0 Å². The molecule has 0 aliphatic carbocycles. The summed E-state index contributed by atoms with van der Waals surface area (Å²) < 4.78 is 0. The number of hydrogen-bond acceptors (Lipinski definition) is 4. The summed E-state index contributed by atoms with van der Waals surface area (Å²) in [5.74, 6) is -0.161. The molecule has 8 nitrogen and oxygen atoms in total. The summed E-state index contributed by atoms with van der Waals surface area (Å²) in [5, 5.41) is 3.49. The zero-order chi connectivity index (χ0) is 31.1. The molecule has 44 heavy (non-hydrogen) atoms. The van der Waals surface area contributed by atoms with Crippen molar-refractivity contribution < 1.29 is 14.4 Å². The highest BCUT2D eigenvalue weighted by Gasteiger charge is 2.33. The number of nitrogens with zero attached hydrogens (tertiary/aromatic N) is 2. The molecule has 228 valence electrons. The van der Waals surface area contributed by atoms with E-state index in [0.717, 1.165) is 22.3 Å². The summed E-state index contributed by atoms with van der Waals surface area (Å²) in [6, 6.07) is 24.4. The molecular weight excluding hydrogens is 574 g/mol. The fourth-order valence-electron chi connectivity index (χ4n) is 5.93. The molecule has 5 rings (SSSR count). The third kappa shape index (κ3) is 7.21. The molecule has 9 heteroatoms. The second-order valence-electron chi connectivity index (χ2n) is 11.1. The lowest BCUT2D eigenvalue weighted by molar-refractivity contribution is -0.136. The van der Waals surface area contributed by atoms with Gasteiger partial charge in [0.1, 0.15) is 0 Å². The second-order valence-corrected chi connectivity index (χ2v) is 11.6. The molecule has 2 heterocycles. The van der Waals surface area contributed by atoms with Crippen LogP contribution in [0.5, 0.6) is 0 Å². The Labute approximate surface area is 263 Å². The smallest absolute Gasteiger partial charge is 0.255 e. The van der Waals surface area contributed by atoms with Crippen LogP contribution < -0.4 is 11.1 Å². The molecule has 4 N–H and O–H groups in total. The van der Waals surface area contributed by atoms with Gasteiger partial charge < -0.3 is 25.8 Å². The third-order valence-corrected chi connectivity index (χ3v) is 8.50. The summed E-state index contributed by atoms with van der Waals surface area (Å²) in [4.78, 5) is 46.7. The largest absolute Gasteiger partial charge is 0.367 e. The number of carbonyl (C=O) groups excluding carboxylic acids is 3. The van der Waals surface area contributed by atoms with Crippen molar-refractivity contribution in [2.75, 3.05) is 26.2 Å². The van der Waals surface area contributed by atoms with E-state index in [1.807, 2.05) is 64.4 Å². The predicted molar refractivity (Wildman–Crippen MR) is 173 cm³/mol. The number of rotatable bonds is 10. The highest BCUT2D eigenvalue weighted by atomic mass is 35.5. The van der Waals surface area contributed by atoms with Gasteiger partial charge in [0.05, 0.1) is 18.0 Å². The molecule has 0 bridgehead atoms. The van der Waals surface area contributed by atoms with Gasteiger partial charge in [0.25, 0.3) is 11.8 Å². The Bertz CT molecular complexity index is 1580. The van der Waals surface area contributed by atoms with Gasteiger partial charge in [-0.05, 0) is 72.4 Å². The van der Waals surface area contributed by atoms with Gasteiger partial charge in [-0.25, -0.2) is 0 Å². The van der Waals surface area contributed by atoms with Crippen molar-refractivity contribution in [1.29, 1.82) is 0 Å². The quantitative estimate of drug-likeness (QED) is 0.221. The maximum absolute atomic E-state index is 14.1. The average molecular weight is 612 g/mol. The van der Waals surface area contributed by atoms with Crippen molar-refractivity contribution >= 4 is 29.3 Å². The minimum atomic E-state index is -0.245. The van der Waals surface area contributed by atoms with Crippen molar-refractivity contribution in [3.8, 4) is 11.1 Å². The fourth-order valence-corrected chi connectivity index (χ4v) is 6.06. The first-order chi connectivity index (χ1) is 21.4. The van der Waals surface area contributed by atoms with E-state index in [-0.39, 0.29) is 36.2 Å². The van der Waals surface area contributed by atoms with E-state index in [0.29, 0.717) is 55.2 Å². The van der Waals surface area contributed by atoms with Crippen LogP contribution in [0.15, 0.2) is 91.3 Å². The Morgan fingerprint density at radius 1 is 1.02 bits per heavy atom. The number of hydrogen-bond donors (Lipinski definition) is 3. The van der Waals surface area contributed by atoms with Crippen LogP contribution in [0.1, 0.15) is 57.7 Å². The molecule has 3 aromatic carbocycles. The maximum Gasteiger partial charge on any atom is 0.255 e. The van der Waals surface area contributed by atoms with E-state index in [1.165, 1.54) is 0 Å². The van der Waals surface area contributed by atoms with Crippen LogP contribution in [-0.2, 0) is 11.2 Å². The van der Waals surface area contributed by atoms with Crippen molar-refractivity contribution in [2.45, 2.75) is 38.3 Å². The Morgan fingerprint density at radius 2 is 1.77 bits per heavy atom. The molecule has 1 aromatic heterocycles. The molecule has 1 saturated heterocycles. The highest BCUT2D eigenvalue weighted by molar-refractivity contribution is 6.30. The van der Waals surface area contributed by atoms with E-state index in [9.17, 15) is 14.4 Å². The highest BCUT2D eigenvalue weighted by Crippen LogP contribution is 2.32.